The molecule has 3 aromatic rings. The average Bonchev–Trinajstić information content (AvgIpc) is 2.65. The number of hydrogen-bond acceptors (Lipinski definition) is 5. The van der Waals surface area contributed by atoms with Crippen LogP contribution in [0.5, 0.6) is 0 Å². The normalized spacial score (nSPS) is 10.3. The highest BCUT2D eigenvalue weighted by Gasteiger charge is 2.10. The minimum absolute atomic E-state index is 0.00116. The lowest BCUT2D eigenvalue weighted by Crippen LogP contribution is -2.14. The van der Waals surface area contributed by atoms with E-state index in [-0.39, 0.29) is 17.4 Å². The minimum atomic E-state index is -0.368. The summed E-state index contributed by atoms with van der Waals surface area (Å²) in [6.07, 6.45) is 1.31. The first-order valence-electron chi connectivity index (χ1n) is 8.20. The molecule has 27 heavy (non-hydrogen) atoms. The van der Waals surface area contributed by atoms with Crippen molar-refractivity contribution in [1.29, 1.82) is 0 Å². The van der Waals surface area contributed by atoms with Gasteiger partial charge in [-0.3, -0.25) is 9.59 Å². The number of nitrogens with one attached hydrogen (secondary N) is 2. The molecule has 0 atom stereocenters. The first kappa shape index (κ1) is 18.5. The molecule has 0 spiro atoms. The number of Topliss-reactive ketones (excluding diaryl/α,β-unsaturated/α-hetero) is 1. The first-order valence-corrected chi connectivity index (χ1v) is 8.58. The third kappa shape index (κ3) is 4.68. The van der Waals surface area contributed by atoms with Gasteiger partial charge in [0.25, 0.3) is 5.91 Å². The predicted molar refractivity (Wildman–Crippen MR) is 106 cm³/mol. The molecule has 0 aliphatic carbocycles. The molecule has 0 fully saturated rings. The molecular formula is C20H17ClN4O2. The Bertz CT molecular complexity index is 1000. The van der Waals surface area contributed by atoms with Crippen LogP contribution in [0.1, 0.15) is 33.3 Å². The van der Waals surface area contributed by atoms with Crippen molar-refractivity contribution < 1.29 is 9.59 Å². The average molecular weight is 381 g/mol. The molecule has 6 nitrogen and oxygen atoms in total. The summed E-state index contributed by atoms with van der Waals surface area (Å²) in [6, 6.07) is 13.8. The fourth-order valence-corrected chi connectivity index (χ4v) is 2.53. The lowest BCUT2D eigenvalue weighted by atomic mass is 10.1. The quantitative estimate of drug-likeness (QED) is 0.630. The SMILES string of the molecule is CC(=O)c1ccc(Nc2cc(C(=O)Nc3ccc(C)c(Cl)c3)ncn2)cc1. The Morgan fingerprint density at radius 3 is 2.33 bits per heavy atom. The molecule has 2 aromatic carbocycles. The van der Waals surface area contributed by atoms with E-state index in [1.165, 1.54) is 13.3 Å². The number of ketones is 1. The zero-order valence-corrected chi connectivity index (χ0v) is 15.5. The first-order chi connectivity index (χ1) is 12.9. The second kappa shape index (κ2) is 7.97. The Labute approximate surface area is 161 Å². The highest BCUT2D eigenvalue weighted by atomic mass is 35.5. The molecule has 0 radical (unpaired) electrons. The topological polar surface area (TPSA) is 84.0 Å². The van der Waals surface area contributed by atoms with Gasteiger partial charge in [0, 0.05) is 28.0 Å². The summed E-state index contributed by atoms with van der Waals surface area (Å²) in [5.41, 5.74) is 3.10. The lowest BCUT2D eigenvalue weighted by Gasteiger charge is -2.09. The van der Waals surface area contributed by atoms with Crippen LogP contribution in [0.15, 0.2) is 54.9 Å². The van der Waals surface area contributed by atoms with E-state index in [1.807, 2.05) is 13.0 Å². The molecule has 1 heterocycles. The monoisotopic (exact) mass is 380 g/mol. The third-order valence-electron chi connectivity index (χ3n) is 3.89. The van der Waals surface area contributed by atoms with Crippen LogP contribution in [0.2, 0.25) is 5.02 Å². The number of anilines is 3. The molecule has 2 N–H and O–H groups in total. The number of amides is 1. The molecule has 0 saturated heterocycles. The summed E-state index contributed by atoms with van der Waals surface area (Å²) in [7, 11) is 0. The third-order valence-corrected chi connectivity index (χ3v) is 4.30. The standard InChI is InChI=1S/C20H17ClN4O2/c1-12-3-6-16(9-17(12)21)25-20(27)18-10-19(23-11-22-18)24-15-7-4-14(5-8-15)13(2)26/h3-11H,1-2H3,(H,25,27)(H,22,23,24). The lowest BCUT2D eigenvalue weighted by molar-refractivity contribution is 0.101. The van der Waals surface area contributed by atoms with Gasteiger partial charge < -0.3 is 10.6 Å². The van der Waals surface area contributed by atoms with Crippen molar-refractivity contribution in [2.45, 2.75) is 13.8 Å². The molecule has 0 aliphatic rings. The van der Waals surface area contributed by atoms with E-state index in [1.54, 1.807) is 42.5 Å². The maximum absolute atomic E-state index is 12.4. The van der Waals surface area contributed by atoms with Gasteiger partial charge in [-0.15, -0.1) is 0 Å². The van der Waals surface area contributed by atoms with Crippen molar-refractivity contribution in [2.24, 2.45) is 0 Å². The molecular weight excluding hydrogens is 364 g/mol. The molecule has 136 valence electrons. The van der Waals surface area contributed by atoms with E-state index in [0.717, 1.165) is 11.3 Å². The van der Waals surface area contributed by atoms with Crippen molar-refractivity contribution in [1.82, 2.24) is 9.97 Å². The summed E-state index contributed by atoms with van der Waals surface area (Å²) in [5.74, 6) is 0.0960. The maximum Gasteiger partial charge on any atom is 0.274 e. The Balaban J connectivity index is 1.73. The van der Waals surface area contributed by atoms with Gasteiger partial charge in [0.2, 0.25) is 0 Å². The van der Waals surface area contributed by atoms with Gasteiger partial charge in [-0.2, -0.15) is 0 Å². The fourth-order valence-electron chi connectivity index (χ4n) is 2.35. The number of rotatable bonds is 5. The van der Waals surface area contributed by atoms with Gasteiger partial charge in [-0.25, -0.2) is 9.97 Å². The predicted octanol–water partition coefficient (Wildman–Crippen LogP) is 4.64. The van der Waals surface area contributed by atoms with Crippen LogP contribution in [-0.4, -0.2) is 21.7 Å². The molecule has 1 aromatic heterocycles. The summed E-state index contributed by atoms with van der Waals surface area (Å²) >= 11 is 6.08. The van der Waals surface area contributed by atoms with Crippen molar-refractivity contribution in [3.63, 3.8) is 0 Å². The van der Waals surface area contributed by atoms with E-state index in [2.05, 4.69) is 20.6 Å². The smallest absolute Gasteiger partial charge is 0.274 e. The number of aromatic nitrogens is 2. The van der Waals surface area contributed by atoms with E-state index in [9.17, 15) is 9.59 Å². The Morgan fingerprint density at radius 2 is 1.67 bits per heavy atom. The number of benzene rings is 2. The van der Waals surface area contributed by atoms with Crippen LogP contribution in [0.25, 0.3) is 0 Å². The number of carbonyl (C=O) groups excluding carboxylic acids is 2. The molecule has 0 saturated carbocycles. The van der Waals surface area contributed by atoms with Crippen molar-refractivity contribution in [3.8, 4) is 0 Å². The van der Waals surface area contributed by atoms with E-state index in [0.29, 0.717) is 22.1 Å². The fraction of sp³-hybridized carbons (Fsp3) is 0.100. The number of aryl methyl sites for hydroxylation is 1. The largest absolute Gasteiger partial charge is 0.340 e. The molecule has 3 rings (SSSR count). The Hall–Kier alpha value is -3.25. The Kier molecular flexibility index (Phi) is 5.47. The number of halogens is 1. The van der Waals surface area contributed by atoms with Crippen LogP contribution in [0.4, 0.5) is 17.2 Å². The zero-order valence-electron chi connectivity index (χ0n) is 14.8. The van der Waals surface area contributed by atoms with Crippen molar-refractivity contribution >= 4 is 40.5 Å². The van der Waals surface area contributed by atoms with Gasteiger partial charge in [0.1, 0.15) is 17.8 Å². The zero-order chi connectivity index (χ0) is 19.4. The molecule has 1 amide bonds. The number of carbonyl (C=O) groups is 2. The van der Waals surface area contributed by atoms with Crippen LogP contribution in [0.3, 0.4) is 0 Å². The maximum atomic E-state index is 12.4. The van der Waals surface area contributed by atoms with Crippen LogP contribution < -0.4 is 10.6 Å². The second-order valence-electron chi connectivity index (χ2n) is 5.97. The highest BCUT2D eigenvalue weighted by Crippen LogP contribution is 2.21. The van der Waals surface area contributed by atoms with Crippen LogP contribution in [0, 0.1) is 6.92 Å². The van der Waals surface area contributed by atoms with Gasteiger partial charge >= 0.3 is 0 Å². The van der Waals surface area contributed by atoms with Gasteiger partial charge in [0.15, 0.2) is 5.78 Å². The Morgan fingerprint density at radius 1 is 0.963 bits per heavy atom. The summed E-state index contributed by atoms with van der Waals surface area (Å²) in [4.78, 5) is 31.9. The minimum Gasteiger partial charge on any atom is -0.340 e. The van der Waals surface area contributed by atoms with Crippen molar-refractivity contribution in [3.05, 3.63) is 76.7 Å². The van der Waals surface area contributed by atoms with Crippen molar-refractivity contribution in [2.75, 3.05) is 10.6 Å². The molecule has 0 aliphatic heterocycles. The van der Waals surface area contributed by atoms with Crippen LogP contribution in [-0.2, 0) is 0 Å². The summed E-state index contributed by atoms with van der Waals surface area (Å²) < 4.78 is 0. The molecule has 7 heteroatoms. The molecule has 0 bridgehead atoms. The number of nitrogens with zero attached hydrogens (tertiary/aromatic N) is 2. The van der Waals surface area contributed by atoms with E-state index < -0.39 is 0 Å². The van der Waals surface area contributed by atoms with Gasteiger partial charge in [-0.1, -0.05) is 17.7 Å². The summed E-state index contributed by atoms with van der Waals surface area (Å²) in [6.45, 7) is 3.40. The van der Waals surface area contributed by atoms with Crippen LogP contribution >= 0.6 is 11.6 Å². The van der Waals surface area contributed by atoms with E-state index >= 15 is 0 Å². The van der Waals surface area contributed by atoms with Gasteiger partial charge in [-0.05, 0) is 55.8 Å². The van der Waals surface area contributed by atoms with Gasteiger partial charge in [0.05, 0.1) is 0 Å². The molecule has 0 unspecified atom stereocenters. The summed E-state index contributed by atoms with van der Waals surface area (Å²) in [5, 5.41) is 6.42. The number of hydrogen-bond donors (Lipinski definition) is 2. The second-order valence-corrected chi connectivity index (χ2v) is 6.37. The highest BCUT2D eigenvalue weighted by molar-refractivity contribution is 6.31. The van der Waals surface area contributed by atoms with E-state index in [4.69, 9.17) is 11.6 Å².